The van der Waals surface area contributed by atoms with Crippen molar-refractivity contribution in [3.05, 3.63) is 27.7 Å². The van der Waals surface area contributed by atoms with E-state index < -0.39 is 17.6 Å². The molecule has 1 aromatic heterocycles. The SMILES string of the molecule is Cc1cc(CCN2CC(C)(F)C2)nn(C[C@H](CC(C)C)C(=O)O)c1=O. The van der Waals surface area contributed by atoms with Crippen LogP contribution >= 0.6 is 0 Å². The van der Waals surface area contributed by atoms with Crippen LogP contribution in [0.3, 0.4) is 0 Å². The molecule has 2 heterocycles. The standard InChI is InChI=1S/C18H28FN3O3/c1-12(2)7-14(17(24)25)9-22-16(23)13(3)8-15(20-22)5-6-21-10-18(4,19)11-21/h8,12,14H,5-7,9-11H2,1-4H3,(H,24,25)/t14-/m0/s1. The lowest BCUT2D eigenvalue weighted by Crippen LogP contribution is -2.57. The van der Waals surface area contributed by atoms with E-state index in [2.05, 4.69) is 5.10 Å². The Morgan fingerprint density at radius 1 is 1.44 bits per heavy atom. The lowest BCUT2D eigenvalue weighted by molar-refractivity contribution is -0.142. The van der Waals surface area contributed by atoms with Crippen molar-refractivity contribution >= 4 is 5.97 Å². The van der Waals surface area contributed by atoms with Gasteiger partial charge in [0.25, 0.3) is 5.56 Å². The molecule has 0 amide bonds. The van der Waals surface area contributed by atoms with Crippen LogP contribution in [-0.2, 0) is 17.8 Å². The molecule has 1 aliphatic heterocycles. The first-order valence-corrected chi connectivity index (χ1v) is 8.79. The topological polar surface area (TPSA) is 75.4 Å². The van der Waals surface area contributed by atoms with Crippen LogP contribution < -0.4 is 5.56 Å². The van der Waals surface area contributed by atoms with Crippen molar-refractivity contribution in [3.63, 3.8) is 0 Å². The molecule has 0 unspecified atom stereocenters. The van der Waals surface area contributed by atoms with Crippen LogP contribution in [0.15, 0.2) is 10.9 Å². The molecule has 1 saturated heterocycles. The Hall–Kier alpha value is -1.76. The Morgan fingerprint density at radius 3 is 2.60 bits per heavy atom. The van der Waals surface area contributed by atoms with Crippen molar-refractivity contribution in [3.8, 4) is 0 Å². The number of halogens is 1. The van der Waals surface area contributed by atoms with Crippen molar-refractivity contribution in [2.45, 2.75) is 52.8 Å². The first kappa shape index (κ1) is 19.6. The zero-order valence-electron chi connectivity index (χ0n) is 15.5. The summed E-state index contributed by atoms with van der Waals surface area (Å²) in [4.78, 5) is 25.8. The number of rotatable bonds is 8. The van der Waals surface area contributed by atoms with Gasteiger partial charge in [0.1, 0.15) is 5.67 Å². The number of aryl methyl sites for hydroxylation is 1. The minimum Gasteiger partial charge on any atom is -0.481 e. The molecule has 1 aromatic rings. The van der Waals surface area contributed by atoms with Gasteiger partial charge in [0, 0.05) is 31.6 Å². The van der Waals surface area contributed by atoms with Gasteiger partial charge in [0.15, 0.2) is 0 Å². The first-order chi connectivity index (χ1) is 11.6. The molecule has 0 saturated carbocycles. The molecule has 0 spiro atoms. The minimum atomic E-state index is -1.10. The van der Waals surface area contributed by atoms with Crippen LogP contribution in [0.5, 0.6) is 0 Å². The molecular weight excluding hydrogens is 325 g/mol. The number of likely N-dealkylation sites (tertiary alicyclic amines) is 1. The second-order valence-corrected chi connectivity index (χ2v) is 7.84. The molecule has 1 atom stereocenters. The number of carboxylic acids is 1. The van der Waals surface area contributed by atoms with E-state index in [-0.39, 0.29) is 18.0 Å². The Balaban J connectivity index is 2.08. The molecule has 0 aromatic carbocycles. The number of nitrogens with zero attached hydrogens (tertiary/aromatic N) is 3. The van der Waals surface area contributed by atoms with E-state index in [1.165, 1.54) is 4.68 Å². The second-order valence-electron chi connectivity index (χ2n) is 7.84. The fraction of sp³-hybridized carbons (Fsp3) is 0.722. The lowest BCUT2D eigenvalue weighted by Gasteiger charge is -2.42. The molecule has 0 bridgehead atoms. The Morgan fingerprint density at radius 2 is 2.08 bits per heavy atom. The highest BCUT2D eigenvalue weighted by Crippen LogP contribution is 2.24. The normalized spacial score (nSPS) is 18.2. The maximum atomic E-state index is 13.5. The monoisotopic (exact) mass is 353 g/mol. The van der Waals surface area contributed by atoms with Crippen LogP contribution in [0, 0.1) is 18.8 Å². The van der Waals surface area contributed by atoms with Gasteiger partial charge in [-0.2, -0.15) is 5.10 Å². The zero-order chi connectivity index (χ0) is 18.8. The number of aromatic nitrogens is 2. The molecule has 2 rings (SSSR count). The molecule has 7 heteroatoms. The Bertz CT molecular complexity index is 677. The Labute approximate surface area is 147 Å². The van der Waals surface area contributed by atoms with E-state index in [9.17, 15) is 19.1 Å². The number of hydrogen-bond donors (Lipinski definition) is 1. The predicted molar refractivity (Wildman–Crippen MR) is 93.5 cm³/mol. The lowest BCUT2D eigenvalue weighted by atomic mass is 9.97. The quantitative estimate of drug-likeness (QED) is 0.772. The second kappa shape index (κ2) is 7.64. The average Bonchev–Trinajstić information content (AvgIpc) is 2.46. The van der Waals surface area contributed by atoms with Gasteiger partial charge in [0.2, 0.25) is 0 Å². The van der Waals surface area contributed by atoms with E-state index in [1.807, 2.05) is 18.7 Å². The van der Waals surface area contributed by atoms with Gasteiger partial charge >= 0.3 is 5.97 Å². The summed E-state index contributed by atoms with van der Waals surface area (Å²) in [5.74, 6) is -1.32. The van der Waals surface area contributed by atoms with Gasteiger partial charge < -0.3 is 5.11 Å². The molecule has 1 N–H and O–H groups in total. The maximum Gasteiger partial charge on any atom is 0.308 e. The number of carboxylic acid groups (broad SMARTS) is 1. The highest BCUT2D eigenvalue weighted by atomic mass is 19.1. The number of hydrogen-bond acceptors (Lipinski definition) is 4. The van der Waals surface area contributed by atoms with E-state index in [0.29, 0.717) is 38.0 Å². The van der Waals surface area contributed by atoms with Crippen molar-refractivity contribution in [2.75, 3.05) is 19.6 Å². The summed E-state index contributed by atoms with van der Waals surface area (Å²) in [6.45, 7) is 8.81. The van der Waals surface area contributed by atoms with Crippen LogP contribution in [0.25, 0.3) is 0 Å². The van der Waals surface area contributed by atoms with Crippen LogP contribution in [0.4, 0.5) is 4.39 Å². The summed E-state index contributed by atoms with van der Waals surface area (Å²) >= 11 is 0. The summed E-state index contributed by atoms with van der Waals surface area (Å²) in [5, 5.41) is 13.7. The van der Waals surface area contributed by atoms with Gasteiger partial charge in [-0.15, -0.1) is 0 Å². The minimum absolute atomic E-state index is 0.0767. The van der Waals surface area contributed by atoms with Crippen LogP contribution in [0.1, 0.15) is 38.4 Å². The molecule has 1 aliphatic rings. The zero-order valence-corrected chi connectivity index (χ0v) is 15.5. The van der Waals surface area contributed by atoms with Gasteiger partial charge in [-0.3, -0.25) is 14.5 Å². The van der Waals surface area contributed by atoms with Crippen molar-refractivity contribution in [1.29, 1.82) is 0 Å². The summed E-state index contributed by atoms with van der Waals surface area (Å²) < 4.78 is 14.8. The van der Waals surface area contributed by atoms with Gasteiger partial charge in [-0.25, -0.2) is 9.07 Å². The van der Waals surface area contributed by atoms with Crippen molar-refractivity contribution in [1.82, 2.24) is 14.7 Å². The third-order valence-electron chi connectivity index (χ3n) is 4.49. The largest absolute Gasteiger partial charge is 0.481 e. The molecule has 25 heavy (non-hydrogen) atoms. The molecule has 1 fully saturated rings. The highest BCUT2D eigenvalue weighted by Gasteiger charge is 2.38. The maximum absolute atomic E-state index is 13.5. The number of carbonyl (C=O) groups is 1. The fourth-order valence-corrected chi connectivity index (χ4v) is 3.34. The summed E-state index contributed by atoms with van der Waals surface area (Å²) in [6, 6.07) is 1.74. The predicted octanol–water partition coefficient (Wildman–Crippen LogP) is 1.88. The summed E-state index contributed by atoms with van der Waals surface area (Å²) in [7, 11) is 0. The van der Waals surface area contributed by atoms with E-state index in [0.717, 1.165) is 5.69 Å². The van der Waals surface area contributed by atoms with E-state index >= 15 is 0 Å². The molecule has 140 valence electrons. The number of alkyl halides is 1. The van der Waals surface area contributed by atoms with Gasteiger partial charge in [0.05, 0.1) is 18.2 Å². The highest BCUT2D eigenvalue weighted by molar-refractivity contribution is 5.69. The summed E-state index contributed by atoms with van der Waals surface area (Å²) in [5.41, 5.74) is -0.0665. The average molecular weight is 353 g/mol. The molecule has 0 radical (unpaired) electrons. The molecular formula is C18H28FN3O3. The molecule has 0 aliphatic carbocycles. The van der Waals surface area contributed by atoms with Crippen molar-refractivity contribution < 1.29 is 14.3 Å². The van der Waals surface area contributed by atoms with Gasteiger partial charge in [-0.1, -0.05) is 13.8 Å². The van der Waals surface area contributed by atoms with E-state index in [1.54, 1.807) is 19.9 Å². The fourth-order valence-electron chi connectivity index (χ4n) is 3.34. The molecule has 6 nitrogen and oxygen atoms in total. The third kappa shape index (κ3) is 5.36. The van der Waals surface area contributed by atoms with Gasteiger partial charge in [-0.05, 0) is 32.3 Å². The van der Waals surface area contributed by atoms with Crippen LogP contribution in [-0.4, -0.2) is 51.1 Å². The third-order valence-corrected chi connectivity index (χ3v) is 4.49. The smallest absolute Gasteiger partial charge is 0.308 e. The summed E-state index contributed by atoms with van der Waals surface area (Å²) in [6.07, 6.45) is 1.11. The van der Waals surface area contributed by atoms with E-state index in [4.69, 9.17) is 0 Å². The number of aliphatic carboxylic acids is 1. The van der Waals surface area contributed by atoms with Crippen molar-refractivity contribution in [2.24, 2.45) is 11.8 Å². The van der Waals surface area contributed by atoms with Crippen LogP contribution in [0.2, 0.25) is 0 Å². The first-order valence-electron chi connectivity index (χ1n) is 8.79. The Kier molecular flexibility index (Phi) is 5.98.